The molecule has 1 aromatic rings. The van der Waals surface area contributed by atoms with Gasteiger partial charge in [-0.2, -0.15) is 0 Å². The summed E-state index contributed by atoms with van der Waals surface area (Å²) in [6, 6.07) is 4.44. The summed E-state index contributed by atoms with van der Waals surface area (Å²) in [6.07, 6.45) is 1.82. The van der Waals surface area contributed by atoms with E-state index in [-0.39, 0.29) is 6.04 Å². The van der Waals surface area contributed by atoms with Crippen LogP contribution in [0.4, 0.5) is 5.82 Å². The van der Waals surface area contributed by atoms with Gasteiger partial charge >= 0.3 is 0 Å². The van der Waals surface area contributed by atoms with Gasteiger partial charge in [0.2, 0.25) is 0 Å². The Labute approximate surface area is 104 Å². The van der Waals surface area contributed by atoms with Crippen LogP contribution in [0.25, 0.3) is 0 Å². The first-order chi connectivity index (χ1) is 8.06. The molecule has 4 nitrogen and oxygen atoms in total. The molecule has 1 rings (SSSR count). The Morgan fingerprint density at radius 1 is 1.41 bits per heavy atom. The summed E-state index contributed by atoms with van der Waals surface area (Å²) in [5.41, 5.74) is 7.00. The number of ether oxygens (including phenoxy) is 1. The fourth-order valence-corrected chi connectivity index (χ4v) is 1.70. The summed E-state index contributed by atoms with van der Waals surface area (Å²) < 4.78 is 5.13. The highest BCUT2D eigenvalue weighted by atomic mass is 16.5. The molecule has 0 fully saturated rings. The van der Waals surface area contributed by atoms with Crippen molar-refractivity contribution in [2.45, 2.75) is 32.9 Å². The molecular weight excluding hydrogens is 214 g/mol. The number of aromatic nitrogens is 1. The van der Waals surface area contributed by atoms with E-state index in [9.17, 15) is 0 Å². The van der Waals surface area contributed by atoms with Gasteiger partial charge in [-0.3, -0.25) is 0 Å². The van der Waals surface area contributed by atoms with Gasteiger partial charge in [0.1, 0.15) is 5.82 Å². The third kappa shape index (κ3) is 3.98. The molecule has 0 radical (unpaired) electrons. The third-order valence-electron chi connectivity index (χ3n) is 2.75. The summed E-state index contributed by atoms with van der Waals surface area (Å²) in [6.45, 7) is 7.81. The van der Waals surface area contributed by atoms with Crippen LogP contribution >= 0.6 is 0 Å². The van der Waals surface area contributed by atoms with Crippen molar-refractivity contribution in [2.75, 3.05) is 25.2 Å². The molecule has 0 spiro atoms. The summed E-state index contributed by atoms with van der Waals surface area (Å²) in [4.78, 5) is 6.63. The molecule has 1 atom stereocenters. The highest BCUT2D eigenvalue weighted by Crippen LogP contribution is 2.18. The van der Waals surface area contributed by atoms with Crippen molar-refractivity contribution < 1.29 is 4.74 Å². The van der Waals surface area contributed by atoms with Crippen molar-refractivity contribution in [1.29, 1.82) is 0 Å². The number of anilines is 1. The van der Waals surface area contributed by atoms with Crippen LogP contribution in [0.5, 0.6) is 0 Å². The third-order valence-corrected chi connectivity index (χ3v) is 2.75. The van der Waals surface area contributed by atoms with E-state index in [1.807, 2.05) is 19.2 Å². The van der Waals surface area contributed by atoms with Crippen molar-refractivity contribution in [3.63, 3.8) is 0 Å². The van der Waals surface area contributed by atoms with E-state index in [1.54, 1.807) is 7.11 Å². The quantitative estimate of drug-likeness (QED) is 0.821. The van der Waals surface area contributed by atoms with E-state index in [0.29, 0.717) is 12.6 Å². The average Bonchev–Trinajstić information content (AvgIpc) is 2.29. The molecule has 4 heteroatoms. The molecular formula is C13H23N3O. The Morgan fingerprint density at radius 2 is 2.12 bits per heavy atom. The van der Waals surface area contributed by atoms with Gasteiger partial charge in [0.05, 0.1) is 6.61 Å². The Balaban J connectivity index is 2.89. The molecule has 17 heavy (non-hydrogen) atoms. The van der Waals surface area contributed by atoms with Crippen LogP contribution in [0.1, 0.15) is 32.4 Å². The van der Waals surface area contributed by atoms with Crippen LogP contribution < -0.4 is 10.6 Å². The van der Waals surface area contributed by atoms with Gasteiger partial charge < -0.3 is 15.4 Å². The average molecular weight is 237 g/mol. The minimum Gasteiger partial charge on any atom is -0.383 e. The zero-order valence-electron chi connectivity index (χ0n) is 11.2. The molecule has 1 heterocycles. The lowest BCUT2D eigenvalue weighted by Crippen LogP contribution is -2.34. The van der Waals surface area contributed by atoms with Crippen molar-refractivity contribution >= 4 is 5.82 Å². The standard InChI is InChI=1S/C13H23N3O/c1-10(2)16(7-8-17-4)13-9-12(11(3)14)5-6-15-13/h5-6,9-11H,7-8,14H2,1-4H3. The highest BCUT2D eigenvalue weighted by molar-refractivity contribution is 5.42. The topological polar surface area (TPSA) is 51.4 Å². The second-order valence-electron chi connectivity index (χ2n) is 4.52. The fourth-order valence-electron chi connectivity index (χ4n) is 1.70. The lowest BCUT2D eigenvalue weighted by molar-refractivity contribution is 0.203. The van der Waals surface area contributed by atoms with Crippen LogP contribution in [-0.4, -0.2) is 31.3 Å². The first kappa shape index (κ1) is 13.9. The SMILES string of the molecule is COCCN(c1cc(C(C)N)ccn1)C(C)C. The lowest BCUT2D eigenvalue weighted by Gasteiger charge is -2.28. The van der Waals surface area contributed by atoms with Gasteiger partial charge in [-0.15, -0.1) is 0 Å². The molecule has 0 aromatic carbocycles. The zero-order chi connectivity index (χ0) is 12.8. The minimum absolute atomic E-state index is 0.0354. The monoisotopic (exact) mass is 237 g/mol. The number of nitrogens with zero attached hydrogens (tertiary/aromatic N) is 2. The summed E-state index contributed by atoms with van der Waals surface area (Å²) in [7, 11) is 1.71. The number of rotatable bonds is 6. The molecule has 96 valence electrons. The van der Waals surface area contributed by atoms with Gasteiger partial charge in [-0.05, 0) is 38.5 Å². The Kier molecular flexibility index (Phi) is 5.38. The predicted molar refractivity (Wildman–Crippen MR) is 71.2 cm³/mol. The number of methoxy groups -OCH3 is 1. The van der Waals surface area contributed by atoms with Gasteiger partial charge in [0.15, 0.2) is 0 Å². The smallest absolute Gasteiger partial charge is 0.129 e. The first-order valence-corrected chi connectivity index (χ1v) is 6.03. The second kappa shape index (κ2) is 6.57. The number of hydrogen-bond acceptors (Lipinski definition) is 4. The van der Waals surface area contributed by atoms with Crippen LogP contribution in [0, 0.1) is 0 Å². The molecule has 0 aliphatic heterocycles. The predicted octanol–water partition coefficient (Wildman–Crippen LogP) is 1.96. The Morgan fingerprint density at radius 3 is 2.65 bits per heavy atom. The van der Waals surface area contributed by atoms with Gasteiger partial charge in [0, 0.05) is 31.9 Å². The van der Waals surface area contributed by atoms with Crippen LogP contribution in [-0.2, 0) is 4.74 Å². The van der Waals surface area contributed by atoms with Crippen LogP contribution in [0.15, 0.2) is 18.3 Å². The Bertz CT molecular complexity index is 339. The molecule has 0 saturated carbocycles. The molecule has 0 bridgehead atoms. The largest absolute Gasteiger partial charge is 0.383 e. The first-order valence-electron chi connectivity index (χ1n) is 6.03. The van der Waals surface area contributed by atoms with Crippen molar-refractivity contribution in [3.8, 4) is 0 Å². The summed E-state index contributed by atoms with van der Waals surface area (Å²) in [5.74, 6) is 0.965. The van der Waals surface area contributed by atoms with E-state index >= 15 is 0 Å². The maximum atomic E-state index is 5.89. The minimum atomic E-state index is 0.0354. The van der Waals surface area contributed by atoms with E-state index < -0.39 is 0 Å². The van der Waals surface area contributed by atoms with Gasteiger partial charge in [-0.1, -0.05) is 0 Å². The maximum Gasteiger partial charge on any atom is 0.129 e. The van der Waals surface area contributed by atoms with Crippen molar-refractivity contribution in [2.24, 2.45) is 5.73 Å². The maximum absolute atomic E-state index is 5.89. The molecule has 0 amide bonds. The summed E-state index contributed by atoms with van der Waals surface area (Å²) in [5, 5.41) is 0. The number of hydrogen-bond donors (Lipinski definition) is 1. The summed E-state index contributed by atoms with van der Waals surface area (Å²) >= 11 is 0. The van der Waals surface area contributed by atoms with Crippen LogP contribution in [0.2, 0.25) is 0 Å². The molecule has 1 aromatic heterocycles. The van der Waals surface area contributed by atoms with E-state index in [1.165, 1.54) is 0 Å². The van der Waals surface area contributed by atoms with Gasteiger partial charge in [0.25, 0.3) is 0 Å². The molecule has 0 aliphatic rings. The zero-order valence-corrected chi connectivity index (χ0v) is 11.2. The normalized spacial score (nSPS) is 12.8. The number of pyridine rings is 1. The van der Waals surface area contributed by atoms with E-state index in [2.05, 4.69) is 29.8 Å². The van der Waals surface area contributed by atoms with Crippen molar-refractivity contribution in [3.05, 3.63) is 23.9 Å². The molecule has 0 aliphatic carbocycles. The van der Waals surface area contributed by atoms with E-state index in [0.717, 1.165) is 17.9 Å². The second-order valence-corrected chi connectivity index (χ2v) is 4.52. The van der Waals surface area contributed by atoms with Crippen molar-refractivity contribution in [1.82, 2.24) is 4.98 Å². The van der Waals surface area contributed by atoms with Crippen LogP contribution in [0.3, 0.4) is 0 Å². The molecule has 1 unspecified atom stereocenters. The lowest BCUT2D eigenvalue weighted by atomic mass is 10.1. The molecule has 2 N–H and O–H groups in total. The van der Waals surface area contributed by atoms with E-state index in [4.69, 9.17) is 10.5 Å². The molecule has 0 saturated heterocycles. The van der Waals surface area contributed by atoms with Gasteiger partial charge in [-0.25, -0.2) is 4.98 Å². The highest BCUT2D eigenvalue weighted by Gasteiger charge is 2.12. The fraction of sp³-hybridized carbons (Fsp3) is 0.615. The Hall–Kier alpha value is -1.13. The number of nitrogens with two attached hydrogens (primary N) is 1.